The van der Waals surface area contributed by atoms with E-state index in [1.165, 1.54) is 6.08 Å². The molecule has 0 radical (unpaired) electrons. The molecular formula is C20H16ClNO3. The van der Waals surface area contributed by atoms with Crippen LogP contribution in [0.5, 0.6) is 0 Å². The summed E-state index contributed by atoms with van der Waals surface area (Å²) < 4.78 is 5.06. The molecule has 0 aliphatic rings. The SMILES string of the molecule is Cc1[nH]c2ccccc2c1C(=O)COC(=O)/C=C/c1ccc(Cl)cc1. The summed E-state index contributed by atoms with van der Waals surface area (Å²) >= 11 is 5.81. The van der Waals surface area contributed by atoms with E-state index in [0.717, 1.165) is 22.2 Å². The molecule has 0 unspecified atom stereocenters. The lowest BCUT2D eigenvalue weighted by atomic mass is 10.1. The number of fused-ring (bicyclic) bond motifs is 1. The van der Waals surface area contributed by atoms with Crippen molar-refractivity contribution < 1.29 is 14.3 Å². The molecule has 126 valence electrons. The van der Waals surface area contributed by atoms with Gasteiger partial charge in [-0.05, 0) is 36.8 Å². The number of H-pyrrole nitrogens is 1. The zero-order chi connectivity index (χ0) is 17.8. The molecule has 1 N–H and O–H groups in total. The normalized spacial score (nSPS) is 11.1. The van der Waals surface area contributed by atoms with E-state index in [-0.39, 0.29) is 12.4 Å². The first-order valence-electron chi connectivity index (χ1n) is 7.75. The number of Topliss-reactive ketones (excluding diaryl/α,β-unsaturated/α-hetero) is 1. The summed E-state index contributed by atoms with van der Waals surface area (Å²) in [5.41, 5.74) is 3.03. The predicted octanol–water partition coefficient (Wildman–Crippen LogP) is 4.57. The van der Waals surface area contributed by atoms with Crippen molar-refractivity contribution in [1.29, 1.82) is 0 Å². The monoisotopic (exact) mass is 353 g/mol. The van der Waals surface area contributed by atoms with E-state index in [0.29, 0.717) is 10.6 Å². The van der Waals surface area contributed by atoms with E-state index < -0.39 is 5.97 Å². The lowest BCUT2D eigenvalue weighted by molar-refractivity contribution is -0.136. The van der Waals surface area contributed by atoms with E-state index in [1.807, 2.05) is 31.2 Å². The van der Waals surface area contributed by atoms with Crippen LogP contribution in [0.15, 0.2) is 54.6 Å². The van der Waals surface area contributed by atoms with Gasteiger partial charge in [0.1, 0.15) is 0 Å². The maximum atomic E-state index is 12.4. The maximum absolute atomic E-state index is 12.4. The highest BCUT2D eigenvalue weighted by molar-refractivity contribution is 6.30. The molecule has 0 spiro atoms. The lowest BCUT2D eigenvalue weighted by Crippen LogP contribution is -2.13. The number of ketones is 1. The van der Waals surface area contributed by atoms with Gasteiger partial charge in [0.05, 0.1) is 0 Å². The number of hydrogen-bond acceptors (Lipinski definition) is 3. The molecule has 25 heavy (non-hydrogen) atoms. The van der Waals surface area contributed by atoms with Crippen LogP contribution in [0.1, 0.15) is 21.6 Å². The second kappa shape index (κ2) is 7.36. The standard InChI is InChI=1S/C20H16ClNO3/c1-13-20(16-4-2-3-5-17(16)22-13)18(23)12-25-19(24)11-8-14-6-9-15(21)10-7-14/h2-11,22H,12H2,1H3/b11-8+. The van der Waals surface area contributed by atoms with Crippen LogP contribution in [0, 0.1) is 6.92 Å². The molecule has 0 amide bonds. The highest BCUT2D eigenvalue weighted by Gasteiger charge is 2.16. The first-order chi connectivity index (χ1) is 12.0. The van der Waals surface area contributed by atoms with Crippen LogP contribution in [0.3, 0.4) is 0 Å². The molecule has 0 aliphatic heterocycles. The first kappa shape index (κ1) is 17.0. The van der Waals surface area contributed by atoms with Gasteiger partial charge in [-0.1, -0.05) is 41.9 Å². The van der Waals surface area contributed by atoms with Crippen LogP contribution in [-0.4, -0.2) is 23.3 Å². The number of ether oxygens (including phenoxy) is 1. The zero-order valence-corrected chi connectivity index (χ0v) is 14.3. The van der Waals surface area contributed by atoms with Gasteiger partial charge in [-0.2, -0.15) is 0 Å². The highest BCUT2D eigenvalue weighted by atomic mass is 35.5. The van der Waals surface area contributed by atoms with Gasteiger partial charge < -0.3 is 9.72 Å². The number of aryl methyl sites for hydroxylation is 1. The van der Waals surface area contributed by atoms with Gasteiger partial charge in [0, 0.05) is 33.3 Å². The molecular weight excluding hydrogens is 338 g/mol. The van der Waals surface area contributed by atoms with E-state index in [1.54, 1.807) is 30.3 Å². The van der Waals surface area contributed by atoms with Crippen LogP contribution in [0.25, 0.3) is 17.0 Å². The zero-order valence-electron chi connectivity index (χ0n) is 13.6. The van der Waals surface area contributed by atoms with Crippen molar-refractivity contribution in [2.45, 2.75) is 6.92 Å². The molecule has 1 aromatic heterocycles. The topological polar surface area (TPSA) is 59.2 Å². The summed E-state index contributed by atoms with van der Waals surface area (Å²) in [5.74, 6) is -0.802. The Morgan fingerprint density at radius 2 is 1.84 bits per heavy atom. The minimum absolute atomic E-state index is 0.233. The average Bonchev–Trinajstić information content (AvgIpc) is 2.95. The number of hydrogen-bond donors (Lipinski definition) is 1. The molecule has 1 heterocycles. The fourth-order valence-corrected chi connectivity index (χ4v) is 2.76. The Kier molecular flexibility index (Phi) is 5.00. The quantitative estimate of drug-likeness (QED) is 0.415. The maximum Gasteiger partial charge on any atom is 0.331 e. The largest absolute Gasteiger partial charge is 0.454 e. The van der Waals surface area contributed by atoms with Crippen molar-refractivity contribution in [2.75, 3.05) is 6.61 Å². The van der Waals surface area contributed by atoms with Crippen LogP contribution in [0.2, 0.25) is 5.02 Å². The summed E-state index contributed by atoms with van der Waals surface area (Å²) in [7, 11) is 0. The molecule has 2 aromatic carbocycles. The number of carbonyl (C=O) groups is 2. The van der Waals surface area contributed by atoms with Gasteiger partial charge in [-0.15, -0.1) is 0 Å². The van der Waals surface area contributed by atoms with E-state index in [4.69, 9.17) is 16.3 Å². The second-order valence-corrected chi connectivity index (χ2v) is 6.02. The summed E-state index contributed by atoms with van der Waals surface area (Å²) in [4.78, 5) is 27.4. The second-order valence-electron chi connectivity index (χ2n) is 5.59. The Morgan fingerprint density at radius 3 is 2.60 bits per heavy atom. The fourth-order valence-electron chi connectivity index (χ4n) is 2.63. The lowest BCUT2D eigenvalue weighted by Gasteiger charge is -2.02. The van der Waals surface area contributed by atoms with Crippen molar-refractivity contribution in [3.8, 4) is 0 Å². The van der Waals surface area contributed by atoms with E-state index >= 15 is 0 Å². The first-order valence-corrected chi connectivity index (χ1v) is 8.13. The minimum atomic E-state index is -0.569. The smallest absolute Gasteiger partial charge is 0.331 e. The third kappa shape index (κ3) is 3.98. The molecule has 3 rings (SSSR count). The highest BCUT2D eigenvalue weighted by Crippen LogP contribution is 2.22. The molecule has 0 saturated carbocycles. The summed E-state index contributed by atoms with van der Waals surface area (Å²) in [6.07, 6.45) is 2.90. The molecule has 0 atom stereocenters. The van der Waals surface area contributed by atoms with Crippen molar-refractivity contribution >= 4 is 40.3 Å². The Morgan fingerprint density at radius 1 is 1.12 bits per heavy atom. The summed E-state index contributed by atoms with van der Waals surface area (Å²) in [5, 5.41) is 1.46. The van der Waals surface area contributed by atoms with Gasteiger partial charge >= 0.3 is 5.97 Å². The number of rotatable bonds is 5. The number of nitrogens with one attached hydrogen (secondary N) is 1. The number of halogens is 1. The molecule has 3 aromatic rings. The van der Waals surface area contributed by atoms with E-state index in [2.05, 4.69) is 4.98 Å². The van der Waals surface area contributed by atoms with Crippen molar-refractivity contribution in [3.05, 3.63) is 76.5 Å². The van der Waals surface area contributed by atoms with Crippen molar-refractivity contribution in [1.82, 2.24) is 4.98 Å². The summed E-state index contributed by atoms with van der Waals surface area (Å²) in [6, 6.07) is 14.6. The van der Waals surface area contributed by atoms with Gasteiger partial charge in [-0.25, -0.2) is 4.79 Å². The van der Waals surface area contributed by atoms with Crippen LogP contribution in [-0.2, 0) is 9.53 Å². The number of carbonyl (C=O) groups excluding carboxylic acids is 2. The van der Waals surface area contributed by atoms with Crippen molar-refractivity contribution in [3.63, 3.8) is 0 Å². The Hall–Kier alpha value is -2.85. The Bertz CT molecular complexity index is 955. The minimum Gasteiger partial charge on any atom is -0.454 e. The molecule has 4 nitrogen and oxygen atoms in total. The molecule has 0 bridgehead atoms. The fraction of sp³-hybridized carbons (Fsp3) is 0.100. The van der Waals surface area contributed by atoms with Crippen molar-refractivity contribution in [2.24, 2.45) is 0 Å². The molecule has 0 saturated heterocycles. The number of para-hydroxylation sites is 1. The number of aromatic nitrogens is 1. The van der Waals surface area contributed by atoms with E-state index in [9.17, 15) is 9.59 Å². The molecule has 0 aliphatic carbocycles. The average molecular weight is 354 g/mol. The Balaban J connectivity index is 1.64. The van der Waals surface area contributed by atoms with Gasteiger partial charge in [0.25, 0.3) is 0 Å². The third-order valence-corrected chi connectivity index (χ3v) is 4.05. The molecule has 5 heteroatoms. The predicted molar refractivity (Wildman–Crippen MR) is 98.8 cm³/mol. The third-order valence-electron chi connectivity index (χ3n) is 3.80. The van der Waals surface area contributed by atoms with Crippen LogP contribution >= 0.6 is 11.6 Å². The summed E-state index contributed by atoms with van der Waals surface area (Å²) in [6.45, 7) is 1.53. The van der Waals surface area contributed by atoms with Gasteiger partial charge in [0.2, 0.25) is 5.78 Å². The number of esters is 1. The van der Waals surface area contributed by atoms with Gasteiger partial charge in [-0.3, -0.25) is 4.79 Å². The van der Waals surface area contributed by atoms with Gasteiger partial charge in [0.15, 0.2) is 6.61 Å². The van der Waals surface area contributed by atoms with Crippen LogP contribution in [0.4, 0.5) is 0 Å². The Labute approximate surface area is 150 Å². The van der Waals surface area contributed by atoms with Crippen LogP contribution < -0.4 is 0 Å². The number of aromatic amines is 1. The molecule has 0 fully saturated rings. The number of benzene rings is 2.